The number of hydrogen-bond donors (Lipinski definition) is 1. The van der Waals surface area contributed by atoms with Gasteiger partial charge in [0.25, 0.3) is 5.91 Å². The Morgan fingerprint density at radius 3 is 2.46 bits per heavy atom. The van der Waals surface area contributed by atoms with E-state index in [2.05, 4.69) is 15.2 Å². The molecule has 1 atom stereocenters. The standard InChI is InChI=1S/C25H33F2N5O3/c1-25(2,3)21(24(34)31-10-12-35-13-11-31)29-23(33)20-19-15-30(4)8-5-9-32(19)22(28-20)16-6-7-17(26)18(27)14-16/h6-7,14,21H,5,8-13,15H2,1-4H3,(H,29,33)/t21-/m1/s1. The molecule has 0 unspecified atom stereocenters. The van der Waals surface area contributed by atoms with E-state index in [1.165, 1.54) is 6.07 Å². The van der Waals surface area contributed by atoms with Crippen LogP contribution in [-0.4, -0.2) is 77.1 Å². The zero-order chi connectivity index (χ0) is 25.3. The molecular weight excluding hydrogens is 456 g/mol. The van der Waals surface area contributed by atoms with Gasteiger partial charge in [-0.15, -0.1) is 0 Å². The Hall–Kier alpha value is -2.85. The van der Waals surface area contributed by atoms with E-state index in [9.17, 15) is 18.4 Å². The van der Waals surface area contributed by atoms with E-state index in [1.54, 1.807) is 4.90 Å². The number of aromatic nitrogens is 2. The van der Waals surface area contributed by atoms with Crippen molar-refractivity contribution in [1.82, 2.24) is 24.7 Å². The van der Waals surface area contributed by atoms with Crippen molar-refractivity contribution in [2.75, 3.05) is 39.9 Å². The summed E-state index contributed by atoms with van der Waals surface area (Å²) in [6.45, 7) is 9.49. The first kappa shape index (κ1) is 25.2. The molecule has 0 bridgehead atoms. The van der Waals surface area contributed by atoms with Crippen molar-refractivity contribution in [2.45, 2.75) is 46.3 Å². The lowest BCUT2D eigenvalue weighted by atomic mass is 9.85. The second-order valence-electron chi connectivity index (χ2n) is 10.3. The highest BCUT2D eigenvalue weighted by atomic mass is 19.2. The molecule has 2 aromatic rings. The van der Waals surface area contributed by atoms with Crippen LogP contribution in [0.1, 0.15) is 43.4 Å². The van der Waals surface area contributed by atoms with Gasteiger partial charge in [0.15, 0.2) is 17.3 Å². The molecule has 10 heteroatoms. The Labute approximate surface area is 204 Å². The Morgan fingerprint density at radius 2 is 1.80 bits per heavy atom. The number of imidazole rings is 1. The molecule has 0 saturated carbocycles. The molecule has 0 aliphatic carbocycles. The topological polar surface area (TPSA) is 79.7 Å². The third-order valence-corrected chi connectivity index (χ3v) is 6.52. The number of halogens is 2. The fourth-order valence-corrected chi connectivity index (χ4v) is 4.57. The van der Waals surface area contributed by atoms with Gasteiger partial charge in [0.1, 0.15) is 11.9 Å². The fraction of sp³-hybridized carbons (Fsp3) is 0.560. The predicted molar refractivity (Wildman–Crippen MR) is 127 cm³/mol. The number of carbonyl (C=O) groups excluding carboxylic acids is 2. The molecule has 35 heavy (non-hydrogen) atoms. The van der Waals surface area contributed by atoms with Gasteiger partial charge < -0.3 is 24.4 Å². The molecule has 2 aliphatic heterocycles. The highest BCUT2D eigenvalue weighted by molar-refractivity contribution is 5.98. The Morgan fingerprint density at radius 1 is 1.09 bits per heavy atom. The van der Waals surface area contributed by atoms with Crippen LogP contribution >= 0.6 is 0 Å². The number of carbonyl (C=O) groups is 2. The van der Waals surface area contributed by atoms with Gasteiger partial charge in [-0.25, -0.2) is 13.8 Å². The van der Waals surface area contributed by atoms with Crippen LogP contribution in [0.4, 0.5) is 8.78 Å². The Kier molecular flexibility index (Phi) is 7.23. The van der Waals surface area contributed by atoms with Crippen molar-refractivity contribution >= 4 is 11.8 Å². The predicted octanol–water partition coefficient (Wildman–Crippen LogP) is 2.67. The van der Waals surface area contributed by atoms with Crippen LogP contribution in [0.2, 0.25) is 0 Å². The van der Waals surface area contributed by atoms with Gasteiger partial charge in [0.05, 0.1) is 18.9 Å². The number of nitrogens with one attached hydrogen (secondary N) is 1. The smallest absolute Gasteiger partial charge is 0.272 e. The van der Waals surface area contributed by atoms with E-state index < -0.39 is 29.0 Å². The van der Waals surface area contributed by atoms with Crippen LogP contribution in [0.5, 0.6) is 0 Å². The quantitative estimate of drug-likeness (QED) is 0.715. The zero-order valence-electron chi connectivity index (χ0n) is 20.7. The van der Waals surface area contributed by atoms with Crippen LogP contribution < -0.4 is 5.32 Å². The second-order valence-corrected chi connectivity index (χ2v) is 10.3. The van der Waals surface area contributed by atoms with Crippen LogP contribution in [0, 0.1) is 17.0 Å². The van der Waals surface area contributed by atoms with E-state index in [0.717, 1.165) is 25.1 Å². The lowest BCUT2D eigenvalue weighted by Crippen LogP contribution is -2.56. The summed E-state index contributed by atoms with van der Waals surface area (Å²) in [5.41, 5.74) is 0.739. The minimum absolute atomic E-state index is 0.155. The Balaban J connectivity index is 1.70. The average molecular weight is 490 g/mol. The summed E-state index contributed by atoms with van der Waals surface area (Å²) in [6, 6.07) is 2.86. The maximum absolute atomic E-state index is 14.0. The molecular formula is C25H33F2N5O3. The first-order chi connectivity index (χ1) is 16.6. The van der Waals surface area contributed by atoms with Gasteiger partial charge in [0.2, 0.25) is 5.91 Å². The summed E-state index contributed by atoms with van der Waals surface area (Å²) < 4.78 is 34.9. The van der Waals surface area contributed by atoms with Crippen molar-refractivity contribution in [1.29, 1.82) is 0 Å². The van der Waals surface area contributed by atoms with Gasteiger partial charge >= 0.3 is 0 Å². The number of amides is 2. The second kappa shape index (κ2) is 10.0. The molecule has 2 amide bonds. The molecule has 2 aliphatic rings. The van der Waals surface area contributed by atoms with Crippen molar-refractivity contribution in [3.05, 3.63) is 41.2 Å². The molecule has 1 aromatic heterocycles. The third-order valence-electron chi connectivity index (χ3n) is 6.52. The van der Waals surface area contributed by atoms with Crippen LogP contribution in [0.3, 0.4) is 0 Å². The molecule has 1 N–H and O–H groups in total. The summed E-state index contributed by atoms with van der Waals surface area (Å²) in [5.74, 6) is -2.12. The van der Waals surface area contributed by atoms with Crippen LogP contribution in [0.25, 0.3) is 11.4 Å². The first-order valence-electron chi connectivity index (χ1n) is 12.0. The SMILES string of the molecule is CN1CCCn2c(-c3ccc(F)c(F)c3)nc(C(=O)N[C@H](C(=O)N3CCOCC3)C(C)(C)C)c2C1. The van der Waals surface area contributed by atoms with Crippen molar-refractivity contribution in [3.8, 4) is 11.4 Å². The maximum atomic E-state index is 14.0. The van der Waals surface area contributed by atoms with E-state index >= 15 is 0 Å². The lowest BCUT2D eigenvalue weighted by molar-refractivity contribution is -0.139. The number of fused-ring (bicyclic) bond motifs is 1. The number of benzene rings is 1. The number of morpholine rings is 1. The van der Waals surface area contributed by atoms with Crippen LogP contribution in [0.15, 0.2) is 18.2 Å². The highest BCUT2D eigenvalue weighted by Crippen LogP contribution is 2.28. The normalized spacial score (nSPS) is 18.1. The molecule has 3 heterocycles. The van der Waals surface area contributed by atoms with Crippen molar-refractivity contribution in [2.24, 2.45) is 5.41 Å². The molecule has 4 rings (SSSR count). The number of rotatable bonds is 4. The average Bonchev–Trinajstić information content (AvgIpc) is 3.05. The monoisotopic (exact) mass is 489 g/mol. The van der Waals surface area contributed by atoms with Crippen molar-refractivity contribution < 1.29 is 23.1 Å². The van der Waals surface area contributed by atoms with Gasteiger partial charge in [-0.05, 0) is 43.6 Å². The largest absolute Gasteiger partial charge is 0.378 e. The van der Waals surface area contributed by atoms with E-state index in [-0.39, 0.29) is 11.6 Å². The van der Waals surface area contributed by atoms with Crippen molar-refractivity contribution in [3.63, 3.8) is 0 Å². The summed E-state index contributed by atoms with van der Waals surface area (Å²) in [4.78, 5) is 35.4. The van der Waals surface area contributed by atoms with Gasteiger partial charge in [-0.3, -0.25) is 9.59 Å². The minimum atomic E-state index is -0.972. The number of hydrogen-bond acceptors (Lipinski definition) is 5. The van der Waals surface area contributed by atoms with Gasteiger partial charge in [0, 0.05) is 31.7 Å². The first-order valence-corrected chi connectivity index (χ1v) is 12.0. The van der Waals surface area contributed by atoms with Gasteiger partial charge in [-0.2, -0.15) is 0 Å². The highest BCUT2D eigenvalue weighted by Gasteiger charge is 2.37. The van der Waals surface area contributed by atoms with E-state index in [4.69, 9.17) is 4.74 Å². The molecule has 1 saturated heterocycles. The van der Waals surface area contributed by atoms with E-state index in [1.807, 2.05) is 32.4 Å². The summed E-state index contributed by atoms with van der Waals surface area (Å²) in [6.07, 6.45) is 0.817. The van der Waals surface area contributed by atoms with E-state index in [0.29, 0.717) is 56.5 Å². The molecule has 1 fully saturated rings. The molecule has 8 nitrogen and oxygen atoms in total. The minimum Gasteiger partial charge on any atom is -0.378 e. The van der Waals surface area contributed by atoms with Crippen LogP contribution in [-0.2, 0) is 22.6 Å². The summed E-state index contributed by atoms with van der Waals surface area (Å²) >= 11 is 0. The summed E-state index contributed by atoms with van der Waals surface area (Å²) in [7, 11) is 1.96. The number of nitrogens with zero attached hydrogens (tertiary/aromatic N) is 4. The third kappa shape index (κ3) is 5.38. The van der Waals surface area contributed by atoms with Gasteiger partial charge in [-0.1, -0.05) is 20.8 Å². The maximum Gasteiger partial charge on any atom is 0.272 e. The fourth-order valence-electron chi connectivity index (χ4n) is 4.57. The molecule has 0 radical (unpaired) electrons. The zero-order valence-corrected chi connectivity index (χ0v) is 20.7. The molecule has 0 spiro atoms. The lowest BCUT2D eigenvalue weighted by Gasteiger charge is -2.36. The molecule has 190 valence electrons. The Bertz CT molecular complexity index is 1110. The summed E-state index contributed by atoms with van der Waals surface area (Å²) in [5, 5.41) is 2.94. The molecule has 1 aromatic carbocycles. The number of ether oxygens (including phenoxy) is 1.